The van der Waals surface area contributed by atoms with Crippen molar-refractivity contribution in [2.45, 2.75) is 18.3 Å². The van der Waals surface area contributed by atoms with Gasteiger partial charge < -0.3 is 10.1 Å². The van der Waals surface area contributed by atoms with Crippen molar-refractivity contribution in [3.05, 3.63) is 29.6 Å². The van der Waals surface area contributed by atoms with E-state index in [1.54, 1.807) is 0 Å². The highest BCUT2D eigenvalue weighted by molar-refractivity contribution is 9.10. The standard InChI is InChI=1S/C11H15BrN2O2/c1-8-4-3-5-9(14-8)6-13-7-10(12)11(15)16-2/h3-5,10,13H,6-7H2,1-2H3. The molecule has 1 heterocycles. The zero-order valence-corrected chi connectivity index (χ0v) is 11.0. The molecule has 5 heteroatoms. The monoisotopic (exact) mass is 286 g/mol. The van der Waals surface area contributed by atoms with Crippen LogP contribution in [0.4, 0.5) is 0 Å². The first-order valence-corrected chi connectivity index (χ1v) is 5.90. The molecule has 0 spiro atoms. The van der Waals surface area contributed by atoms with Crippen LogP contribution in [0.3, 0.4) is 0 Å². The number of nitrogens with one attached hydrogen (secondary N) is 1. The molecule has 1 aromatic heterocycles. The molecule has 16 heavy (non-hydrogen) atoms. The van der Waals surface area contributed by atoms with Gasteiger partial charge in [0.25, 0.3) is 0 Å². The highest BCUT2D eigenvalue weighted by atomic mass is 79.9. The summed E-state index contributed by atoms with van der Waals surface area (Å²) in [5.41, 5.74) is 1.95. The number of aromatic nitrogens is 1. The second kappa shape index (κ2) is 6.60. The van der Waals surface area contributed by atoms with Gasteiger partial charge in [-0.2, -0.15) is 0 Å². The molecule has 1 aromatic rings. The summed E-state index contributed by atoms with van der Waals surface area (Å²) in [5, 5.41) is 3.13. The quantitative estimate of drug-likeness (QED) is 0.657. The topological polar surface area (TPSA) is 51.2 Å². The molecule has 4 nitrogen and oxygen atoms in total. The van der Waals surface area contributed by atoms with Crippen LogP contribution in [0.2, 0.25) is 0 Å². The number of pyridine rings is 1. The van der Waals surface area contributed by atoms with E-state index < -0.39 is 0 Å². The van der Waals surface area contributed by atoms with Gasteiger partial charge in [-0.15, -0.1) is 0 Å². The van der Waals surface area contributed by atoms with E-state index in [1.807, 2.05) is 25.1 Å². The van der Waals surface area contributed by atoms with E-state index in [0.29, 0.717) is 13.1 Å². The molecule has 0 bridgehead atoms. The van der Waals surface area contributed by atoms with Gasteiger partial charge in [0.05, 0.1) is 12.8 Å². The molecule has 1 rings (SSSR count). The van der Waals surface area contributed by atoms with Gasteiger partial charge in [-0.25, -0.2) is 0 Å². The molecule has 0 aliphatic heterocycles. The van der Waals surface area contributed by atoms with E-state index in [-0.39, 0.29) is 10.8 Å². The van der Waals surface area contributed by atoms with Crippen LogP contribution in [-0.4, -0.2) is 29.4 Å². The SMILES string of the molecule is COC(=O)C(Br)CNCc1cccc(C)n1. The van der Waals surface area contributed by atoms with E-state index >= 15 is 0 Å². The van der Waals surface area contributed by atoms with Gasteiger partial charge >= 0.3 is 5.97 Å². The van der Waals surface area contributed by atoms with Crippen LogP contribution in [0.15, 0.2) is 18.2 Å². The van der Waals surface area contributed by atoms with Gasteiger partial charge in [0.1, 0.15) is 4.83 Å². The minimum absolute atomic E-state index is 0.273. The molecule has 88 valence electrons. The van der Waals surface area contributed by atoms with Crippen molar-refractivity contribution in [2.75, 3.05) is 13.7 Å². The molecular formula is C11H15BrN2O2. The van der Waals surface area contributed by atoms with Crippen molar-refractivity contribution in [3.63, 3.8) is 0 Å². The van der Waals surface area contributed by atoms with Crippen molar-refractivity contribution in [3.8, 4) is 0 Å². The molecule has 0 saturated heterocycles. The van der Waals surface area contributed by atoms with Crippen molar-refractivity contribution < 1.29 is 9.53 Å². The fourth-order valence-corrected chi connectivity index (χ4v) is 1.65. The number of carbonyl (C=O) groups excluding carboxylic acids is 1. The van der Waals surface area contributed by atoms with Crippen LogP contribution >= 0.6 is 15.9 Å². The van der Waals surface area contributed by atoms with Gasteiger partial charge in [0.2, 0.25) is 0 Å². The number of hydrogen-bond acceptors (Lipinski definition) is 4. The number of nitrogens with zero attached hydrogens (tertiary/aromatic N) is 1. The number of methoxy groups -OCH3 is 1. The summed E-state index contributed by atoms with van der Waals surface area (Å²) in [4.78, 5) is 15.1. The van der Waals surface area contributed by atoms with Crippen LogP contribution in [0, 0.1) is 6.92 Å². The molecular weight excluding hydrogens is 272 g/mol. The molecule has 0 fully saturated rings. The number of alkyl halides is 1. The average Bonchev–Trinajstić information content (AvgIpc) is 2.28. The maximum absolute atomic E-state index is 11.1. The third-order valence-corrected chi connectivity index (χ3v) is 2.73. The summed E-state index contributed by atoms with van der Waals surface area (Å²) in [6.45, 7) is 3.11. The van der Waals surface area contributed by atoms with Crippen LogP contribution < -0.4 is 5.32 Å². The average molecular weight is 287 g/mol. The number of ether oxygens (including phenoxy) is 1. The Morgan fingerprint density at radius 3 is 3.00 bits per heavy atom. The maximum Gasteiger partial charge on any atom is 0.320 e. The normalized spacial score (nSPS) is 12.2. The zero-order valence-electron chi connectivity index (χ0n) is 9.37. The molecule has 0 saturated carbocycles. The predicted octanol–water partition coefficient (Wildman–Crippen LogP) is 1.42. The summed E-state index contributed by atoms with van der Waals surface area (Å²) in [7, 11) is 1.37. The lowest BCUT2D eigenvalue weighted by atomic mass is 10.3. The highest BCUT2D eigenvalue weighted by Crippen LogP contribution is 2.01. The summed E-state index contributed by atoms with van der Waals surface area (Å²) in [6.07, 6.45) is 0. The molecule has 0 aliphatic rings. The van der Waals surface area contributed by atoms with Gasteiger partial charge in [-0.05, 0) is 19.1 Å². The molecule has 0 radical (unpaired) electrons. The van der Waals surface area contributed by atoms with E-state index in [1.165, 1.54) is 7.11 Å². The van der Waals surface area contributed by atoms with Gasteiger partial charge in [0, 0.05) is 18.8 Å². The molecule has 0 aliphatic carbocycles. The van der Waals surface area contributed by atoms with Crippen molar-refractivity contribution in [1.29, 1.82) is 0 Å². The van der Waals surface area contributed by atoms with Crippen molar-refractivity contribution in [2.24, 2.45) is 0 Å². The summed E-state index contributed by atoms with van der Waals surface area (Å²) in [6, 6.07) is 5.86. The van der Waals surface area contributed by atoms with E-state index in [9.17, 15) is 4.79 Å². The smallest absolute Gasteiger partial charge is 0.320 e. The minimum atomic E-state index is -0.317. The summed E-state index contributed by atoms with van der Waals surface area (Å²) >= 11 is 3.23. The molecule has 1 unspecified atom stereocenters. The van der Waals surface area contributed by atoms with Gasteiger partial charge in [-0.3, -0.25) is 9.78 Å². The third kappa shape index (κ3) is 4.28. The van der Waals surface area contributed by atoms with Crippen molar-refractivity contribution in [1.82, 2.24) is 10.3 Å². The Bertz CT molecular complexity index is 358. The van der Waals surface area contributed by atoms with Crippen molar-refractivity contribution >= 4 is 21.9 Å². The number of aryl methyl sites for hydroxylation is 1. The fraction of sp³-hybridized carbons (Fsp3) is 0.455. The minimum Gasteiger partial charge on any atom is -0.468 e. The molecule has 0 amide bonds. The Balaban J connectivity index is 2.33. The van der Waals surface area contributed by atoms with Crippen LogP contribution in [0.25, 0.3) is 0 Å². The number of halogens is 1. The highest BCUT2D eigenvalue weighted by Gasteiger charge is 2.13. The Kier molecular flexibility index (Phi) is 5.42. The molecule has 1 atom stereocenters. The second-order valence-electron chi connectivity index (χ2n) is 3.39. The van der Waals surface area contributed by atoms with E-state index in [2.05, 4.69) is 31.0 Å². The Morgan fingerprint density at radius 2 is 2.38 bits per heavy atom. The number of hydrogen-bond donors (Lipinski definition) is 1. The predicted molar refractivity (Wildman–Crippen MR) is 65.4 cm³/mol. The van der Waals surface area contributed by atoms with Crippen LogP contribution in [0.5, 0.6) is 0 Å². The van der Waals surface area contributed by atoms with Crippen LogP contribution in [0.1, 0.15) is 11.4 Å². The van der Waals surface area contributed by atoms with E-state index in [0.717, 1.165) is 11.4 Å². The Hall–Kier alpha value is -0.940. The number of carbonyl (C=O) groups is 1. The maximum atomic E-state index is 11.1. The summed E-state index contributed by atoms with van der Waals surface area (Å²) in [5.74, 6) is -0.273. The molecule has 0 aromatic carbocycles. The Morgan fingerprint density at radius 1 is 1.62 bits per heavy atom. The molecule has 1 N–H and O–H groups in total. The first-order chi connectivity index (χ1) is 7.63. The first-order valence-electron chi connectivity index (χ1n) is 4.98. The zero-order chi connectivity index (χ0) is 12.0. The second-order valence-corrected chi connectivity index (χ2v) is 4.50. The Labute approximate surface area is 104 Å². The lowest BCUT2D eigenvalue weighted by Crippen LogP contribution is -2.29. The lowest BCUT2D eigenvalue weighted by molar-refractivity contribution is -0.139. The largest absolute Gasteiger partial charge is 0.468 e. The van der Waals surface area contributed by atoms with Gasteiger partial charge in [-0.1, -0.05) is 22.0 Å². The number of esters is 1. The number of rotatable bonds is 5. The summed E-state index contributed by atoms with van der Waals surface area (Å²) < 4.78 is 4.59. The van der Waals surface area contributed by atoms with Gasteiger partial charge in [0.15, 0.2) is 0 Å². The first kappa shape index (κ1) is 13.1. The van der Waals surface area contributed by atoms with E-state index in [4.69, 9.17) is 0 Å². The van der Waals surface area contributed by atoms with Crippen LogP contribution in [-0.2, 0) is 16.1 Å². The lowest BCUT2D eigenvalue weighted by Gasteiger charge is -2.08. The fourth-order valence-electron chi connectivity index (χ4n) is 1.24. The third-order valence-electron chi connectivity index (χ3n) is 2.03.